The lowest BCUT2D eigenvalue weighted by atomic mass is 9.98. The fraction of sp³-hybridized carbons (Fsp3) is 0.462. The zero-order valence-corrected chi connectivity index (χ0v) is 8.94. The summed E-state index contributed by atoms with van der Waals surface area (Å²) in [7, 11) is 0. The monoisotopic (exact) mass is 201 g/mol. The zero-order chi connectivity index (χ0) is 10.7. The van der Waals surface area contributed by atoms with Gasteiger partial charge in [0.2, 0.25) is 0 Å². The minimum atomic E-state index is -0.218. The summed E-state index contributed by atoms with van der Waals surface area (Å²) in [6.45, 7) is 2.08. The molecule has 1 aliphatic heterocycles. The van der Waals surface area contributed by atoms with Gasteiger partial charge in [0.25, 0.3) is 0 Å². The highest BCUT2D eigenvalue weighted by atomic mass is 16.5. The molecule has 2 rings (SSSR count). The average Bonchev–Trinajstić information content (AvgIpc) is 2.29. The van der Waals surface area contributed by atoms with Gasteiger partial charge in [-0.15, -0.1) is 0 Å². The topological polar surface area (TPSA) is 33.0 Å². The first-order valence-corrected chi connectivity index (χ1v) is 5.41. The van der Waals surface area contributed by atoms with Gasteiger partial charge in [-0.3, -0.25) is 0 Å². The lowest BCUT2D eigenvalue weighted by Crippen LogP contribution is -2.20. The van der Waals surface area contributed by atoms with Crippen molar-refractivity contribution in [3.8, 4) is 6.07 Å². The van der Waals surface area contributed by atoms with Crippen molar-refractivity contribution in [3.63, 3.8) is 0 Å². The SMILES string of the molecule is Cc1cccc([C@H]2CCC[C@H](C#N)O2)c1. The van der Waals surface area contributed by atoms with E-state index in [0.29, 0.717) is 0 Å². The molecule has 0 saturated carbocycles. The second-order valence-electron chi connectivity index (χ2n) is 4.09. The van der Waals surface area contributed by atoms with E-state index in [1.807, 2.05) is 6.07 Å². The molecule has 1 aliphatic rings. The van der Waals surface area contributed by atoms with Crippen molar-refractivity contribution >= 4 is 0 Å². The minimum Gasteiger partial charge on any atom is -0.355 e. The van der Waals surface area contributed by atoms with E-state index in [0.717, 1.165) is 19.3 Å². The predicted octanol–water partition coefficient (Wildman–Crippen LogP) is 3.13. The third-order valence-electron chi connectivity index (χ3n) is 2.82. The first-order chi connectivity index (χ1) is 7.29. The van der Waals surface area contributed by atoms with E-state index in [9.17, 15) is 0 Å². The van der Waals surface area contributed by atoms with Gasteiger partial charge >= 0.3 is 0 Å². The summed E-state index contributed by atoms with van der Waals surface area (Å²) in [5, 5.41) is 8.84. The lowest BCUT2D eigenvalue weighted by molar-refractivity contribution is -0.0228. The molecule has 78 valence electrons. The number of nitriles is 1. The summed E-state index contributed by atoms with van der Waals surface area (Å²) in [6.07, 6.45) is 2.88. The second-order valence-corrected chi connectivity index (χ2v) is 4.09. The van der Waals surface area contributed by atoms with E-state index in [4.69, 9.17) is 10.00 Å². The van der Waals surface area contributed by atoms with Crippen LogP contribution in [0.4, 0.5) is 0 Å². The van der Waals surface area contributed by atoms with E-state index in [2.05, 4.69) is 31.2 Å². The largest absolute Gasteiger partial charge is 0.355 e. The van der Waals surface area contributed by atoms with Crippen molar-refractivity contribution < 1.29 is 4.74 Å². The Morgan fingerprint density at radius 1 is 1.40 bits per heavy atom. The quantitative estimate of drug-likeness (QED) is 0.699. The van der Waals surface area contributed by atoms with Crippen LogP contribution < -0.4 is 0 Å². The molecule has 0 radical (unpaired) electrons. The number of aryl methyl sites for hydroxylation is 1. The molecule has 0 amide bonds. The molecule has 1 aromatic rings. The molecular formula is C13H15NO. The Labute approximate surface area is 90.5 Å². The van der Waals surface area contributed by atoms with Gasteiger partial charge in [0, 0.05) is 0 Å². The summed E-state index contributed by atoms with van der Waals surface area (Å²) < 4.78 is 5.72. The third kappa shape index (κ3) is 2.37. The van der Waals surface area contributed by atoms with Crippen molar-refractivity contribution in [2.24, 2.45) is 0 Å². The Kier molecular flexibility index (Phi) is 3.03. The fourth-order valence-corrected chi connectivity index (χ4v) is 2.03. The summed E-state index contributed by atoms with van der Waals surface area (Å²) >= 11 is 0. The van der Waals surface area contributed by atoms with Crippen LogP contribution in [-0.2, 0) is 4.74 Å². The molecule has 0 unspecified atom stereocenters. The van der Waals surface area contributed by atoms with E-state index < -0.39 is 0 Å². The first kappa shape index (κ1) is 10.2. The van der Waals surface area contributed by atoms with Gasteiger partial charge < -0.3 is 4.74 Å². The Morgan fingerprint density at radius 2 is 2.27 bits per heavy atom. The number of hydrogen-bond acceptors (Lipinski definition) is 2. The summed E-state index contributed by atoms with van der Waals surface area (Å²) in [5.41, 5.74) is 2.45. The van der Waals surface area contributed by atoms with Crippen molar-refractivity contribution in [3.05, 3.63) is 35.4 Å². The first-order valence-electron chi connectivity index (χ1n) is 5.41. The maximum atomic E-state index is 8.84. The molecule has 0 bridgehead atoms. The smallest absolute Gasteiger partial charge is 0.144 e. The maximum absolute atomic E-state index is 8.84. The number of ether oxygens (including phenoxy) is 1. The lowest BCUT2D eigenvalue weighted by Gasteiger charge is -2.26. The number of hydrogen-bond donors (Lipinski definition) is 0. The molecule has 2 nitrogen and oxygen atoms in total. The number of benzene rings is 1. The van der Waals surface area contributed by atoms with Crippen LogP contribution in [0, 0.1) is 18.3 Å². The maximum Gasteiger partial charge on any atom is 0.144 e. The Balaban J connectivity index is 2.14. The molecule has 15 heavy (non-hydrogen) atoms. The standard InChI is InChI=1S/C13H15NO/c1-10-4-2-5-11(8-10)13-7-3-6-12(9-14)15-13/h2,4-5,8,12-13H,3,6-7H2,1H3/t12-,13-/m1/s1. The zero-order valence-electron chi connectivity index (χ0n) is 8.94. The summed E-state index contributed by atoms with van der Waals surface area (Å²) in [4.78, 5) is 0. The fourth-order valence-electron chi connectivity index (χ4n) is 2.03. The van der Waals surface area contributed by atoms with Crippen LogP contribution in [0.15, 0.2) is 24.3 Å². The van der Waals surface area contributed by atoms with Gasteiger partial charge in [-0.05, 0) is 31.7 Å². The molecule has 2 atom stereocenters. The molecule has 0 N–H and O–H groups in total. The molecule has 0 aliphatic carbocycles. The number of rotatable bonds is 1. The highest BCUT2D eigenvalue weighted by Gasteiger charge is 2.23. The van der Waals surface area contributed by atoms with Gasteiger partial charge in [0.1, 0.15) is 6.10 Å². The van der Waals surface area contributed by atoms with Crippen molar-refractivity contribution in [2.45, 2.75) is 38.4 Å². The van der Waals surface area contributed by atoms with Gasteiger partial charge in [0.05, 0.1) is 12.2 Å². The van der Waals surface area contributed by atoms with Gasteiger partial charge in [-0.25, -0.2) is 0 Å². The van der Waals surface area contributed by atoms with Crippen LogP contribution in [0.25, 0.3) is 0 Å². The molecular weight excluding hydrogens is 186 g/mol. The third-order valence-corrected chi connectivity index (χ3v) is 2.82. The summed E-state index contributed by atoms with van der Waals surface area (Å²) in [6, 6.07) is 10.5. The molecule has 1 fully saturated rings. The second kappa shape index (κ2) is 4.46. The highest BCUT2D eigenvalue weighted by Crippen LogP contribution is 2.31. The van der Waals surface area contributed by atoms with E-state index >= 15 is 0 Å². The van der Waals surface area contributed by atoms with Crippen LogP contribution in [-0.4, -0.2) is 6.10 Å². The van der Waals surface area contributed by atoms with Crippen LogP contribution in [0.1, 0.15) is 36.5 Å². The molecule has 1 aromatic carbocycles. The van der Waals surface area contributed by atoms with E-state index in [-0.39, 0.29) is 12.2 Å². The van der Waals surface area contributed by atoms with Crippen LogP contribution in [0.5, 0.6) is 0 Å². The summed E-state index contributed by atoms with van der Waals surface area (Å²) in [5.74, 6) is 0. The average molecular weight is 201 g/mol. The van der Waals surface area contributed by atoms with Crippen molar-refractivity contribution in [1.29, 1.82) is 5.26 Å². The van der Waals surface area contributed by atoms with Gasteiger partial charge in [-0.2, -0.15) is 5.26 Å². The molecule has 0 aromatic heterocycles. The van der Waals surface area contributed by atoms with Crippen LogP contribution in [0.3, 0.4) is 0 Å². The Morgan fingerprint density at radius 3 is 3.00 bits per heavy atom. The van der Waals surface area contributed by atoms with Crippen LogP contribution in [0.2, 0.25) is 0 Å². The Hall–Kier alpha value is -1.33. The Bertz CT molecular complexity index is 380. The van der Waals surface area contributed by atoms with Crippen molar-refractivity contribution in [1.82, 2.24) is 0 Å². The molecule has 0 spiro atoms. The van der Waals surface area contributed by atoms with E-state index in [1.54, 1.807) is 0 Å². The number of nitrogens with zero attached hydrogens (tertiary/aromatic N) is 1. The van der Waals surface area contributed by atoms with E-state index in [1.165, 1.54) is 11.1 Å². The van der Waals surface area contributed by atoms with Gasteiger partial charge in [-0.1, -0.05) is 29.8 Å². The van der Waals surface area contributed by atoms with Crippen LogP contribution >= 0.6 is 0 Å². The van der Waals surface area contributed by atoms with Crippen molar-refractivity contribution in [2.75, 3.05) is 0 Å². The predicted molar refractivity (Wildman–Crippen MR) is 58.3 cm³/mol. The minimum absolute atomic E-state index is 0.114. The molecule has 2 heteroatoms. The molecule has 1 saturated heterocycles. The van der Waals surface area contributed by atoms with Gasteiger partial charge in [0.15, 0.2) is 0 Å². The molecule has 1 heterocycles. The normalized spacial score (nSPS) is 25.9. The highest BCUT2D eigenvalue weighted by molar-refractivity contribution is 5.24.